The van der Waals surface area contributed by atoms with Crippen molar-refractivity contribution >= 4 is 23.6 Å². The summed E-state index contributed by atoms with van der Waals surface area (Å²) in [6, 6.07) is 3.54. The van der Waals surface area contributed by atoms with Crippen molar-refractivity contribution in [3.05, 3.63) is 40.9 Å². The number of ether oxygens (including phenoxy) is 2. The molecular formula is C19H26ClNO3. The summed E-state index contributed by atoms with van der Waals surface area (Å²) in [6.45, 7) is 12.7. The predicted molar refractivity (Wildman–Crippen MR) is 99.9 cm³/mol. The lowest BCUT2D eigenvalue weighted by Gasteiger charge is -2.19. The molecule has 0 fully saturated rings. The third-order valence-electron chi connectivity index (χ3n) is 3.18. The van der Waals surface area contributed by atoms with Gasteiger partial charge in [0, 0.05) is 19.2 Å². The van der Waals surface area contributed by atoms with Gasteiger partial charge in [-0.15, -0.1) is 0 Å². The van der Waals surface area contributed by atoms with Crippen molar-refractivity contribution < 1.29 is 14.3 Å². The van der Waals surface area contributed by atoms with Gasteiger partial charge in [0.1, 0.15) is 0 Å². The SMILES string of the molecule is C=C(C)CN(CC)C(=O)/C=C/c1cc(Cl)c(OC(C)C)c(OC)c1. The van der Waals surface area contributed by atoms with Crippen LogP contribution < -0.4 is 9.47 Å². The van der Waals surface area contributed by atoms with E-state index in [1.165, 1.54) is 6.08 Å². The highest BCUT2D eigenvalue weighted by molar-refractivity contribution is 6.32. The zero-order chi connectivity index (χ0) is 18.3. The van der Waals surface area contributed by atoms with Gasteiger partial charge in [0.2, 0.25) is 5.91 Å². The summed E-state index contributed by atoms with van der Waals surface area (Å²) in [5, 5.41) is 0.449. The summed E-state index contributed by atoms with van der Waals surface area (Å²) in [5.41, 5.74) is 1.71. The fourth-order valence-electron chi connectivity index (χ4n) is 2.13. The zero-order valence-electron chi connectivity index (χ0n) is 15.1. The summed E-state index contributed by atoms with van der Waals surface area (Å²) >= 11 is 6.29. The molecule has 0 aliphatic carbocycles. The molecule has 0 heterocycles. The van der Waals surface area contributed by atoms with Crippen LogP contribution in [0.5, 0.6) is 11.5 Å². The molecule has 24 heavy (non-hydrogen) atoms. The topological polar surface area (TPSA) is 38.8 Å². The summed E-state index contributed by atoms with van der Waals surface area (Å²) in [6.07, 6.45) is 3.23. The molecule has 0 spiro atoms. The van der Waals surface area contributed by atoms with Gasteiger partial charge in [0.25, 0.3) is 0 Å². The highest BCUT2D eigenvalue weighted by atomic mass is 35.5. The van der Waals surface area contributed by atoms with Gasteiger partial charge in [-0.1, -0.05) is 23.8 Å². The standard InChI is InChI=1S/C19H26ClNO3/c1-7-21(12-13(2)3)18(22)9-8-15-10-16(20)19(24-14(4)5)17(11-15)23-6/h8-11,14H,2,7,12H2,1,3-6H3/b9-8+. The Morgan fingerprint density at radius 1 is 1.42 bits per heavy atom. The minimum absolute atomic E-state index is 0.0142. The molecule has 0 saturated carbocycles. The molecule has 1 amide bonds. The number of benzene rings is 1. The zero-order valence-corrected chi connectivity index (χ0v) is 15.8. The molecular weight excluding hydrogens is 326 g/mol. The lowest BCUT2D eigenvalue weighted by atomic mass is 10.1. The number of hydrogen-bond acceptors (Lipinski definition) is 3. The van der Waals surface area contributed by atoms with Crippen LogP contribution in [0.15, 0.2) is 30.4 Å². The number of hydrogen-bond donors (Lipinski definition) is 0. The van der Waals surface area contributed by atoms with Crippen LogP contribution in [0.25, 0.3) is 6.08 Å². The minimum atomic E-state index is -0.0712. The van der Waals surface area contributed by atoms with Gasteiger partial charge in [-0.05, 0) is 51.5 Å². The van der Waals surface area contributed by atoms with Crippen molar-refractivity contribution in [2.24, 2.45) is 0 Å². The Hall–Kier alpha value is -1.94. The van der Waals surface area contributed by atoms with Crippen LogP contribution in [-0.4, -0.2) is 37.1 Å². The average molecular weight is 352 g/mol. The Balaban J connectivity index is 3.00. The number of rotatable bonds is 8. The summed E-state index contributed by atoms with van der Waals surface area (Å²) < 4.78 is 11.0. The Labute approximate surface area is 149 Å². The van der Waals surface area contributed by atoms with Crippen molar-refractivity contribution in [1.82, 2.24) is 4.90 Å². The van der Waals surface area contributed by atoms with Gasteiger partial charge in [0.05, 0.1) is 18.2 Å². The normalized spacial score (nSPS) is 11.0. The maximum absolute atomic E-state index is 12.2. The molecule has 0 unspecified atom stereocenters. The average Bonchev–Trinajstić information content (AvgIpc) is 2.51. The second-order valence-electron chi connectivity index (χ2n) is 5.84. The summed E-state index contributed by atoms with van der Waals surface area (Å²) in [5.74, 6) is 0.978. The fourth-order valence-corrected chi connectivity index (χ4v) is 2.39. The molecule has 1 rings (SSSR count). The largest absolute Gasteiger partial charge is 0.493 e. The number of carbonyl (C=O) groups excluding carboxylic acids is 1. The van der Waals surface area contributed by atoms with Gasteiger partial charge in [-0.25, -0.2) is 0 Å². The number of carbonyl (C=O) groups is 1. The summed E-state index contributed by atoms with van der Waals surface area (Å²) in [7, 11) is 1.56. The molecule has 0 radical (unpaired) electrons. The van der Waals surface area contributed by atoms with Crippen molar-refractivity contribution in [2.45, 2.75) is 33.8 Å². The molecule has 0 atom stereocenters. The van der Waals surface area contributed by atoms with E-state index in [0.29, 0.717) is 29.6 Å². The fraction of sp³-hybridized carbons (Fsp3) is 0.421. The highest BCUT2D eigenvalue weighted by Gasteiger charge is 2.13. The van der Waals surface area contributed by atoms with E-state index in [2.05, 4.69) is 6.58 Å². The molecule has 1 aromatic rings. The third kappa shape index (κ3) is 5.93. The lowest BCUT2D eigenvalue weighted by molar-refractivity contribution is -0.125. The molecule has 4 nitrogen and oxygen atoms in total. The monoisotopic (exact) mass is 351 g/mol. The first-order chi connectivity index (χ1) is 11.3. The van der Waals surface area contributed by atoms with Crippen molar-refractivity contribution in [2.75, 3.05) is 20.2 Å². The van der Waals surface area contributed by atoms with Crippen molar-refractivity contribution in [1.29, 1.82) is 0 Å². The lowest BCUT2D eigenvalue weighted by Crippen LogP contribution is -2.30. The molecule has 132 valence electrons. The van der Waals surface area contributed by atoms with E-state index in [0.717, 1.165) is 11.1 Å². The van der Waals surface area contributed by atoms with E-state index in [1.54, 1.807) is 30.2 Å². The van der Waals surface area contributed by atoms with Gasteiger partial charge >= 0.3 is 0 Å². The van der Waals surface area contributed by atoms with Gasteiger partial charge in [-0.3, -0.25) is 4.79 Å². The van der Waals surface area contributed by atoms with Crippen LogP contribution in [0.4, 0.5) is 0 Å². The minimum Gasteiger partial charge on any atom is -0.493 e. The second-order valence-corrected chi connectivity index (χ2v) is 6.25. The van der Waals surface area contributed by atoms with Gasteiger partial charge < -0.3 is 14.4 Å². The van der Waals surface area contributed by atoms with E-state index in [9.17, 15) is 4.79 Å². The number of likely N-dealkylation sites (N-methyl/N-ethyl adjacent to an activating group) is 1. The smallest absolute Gasteiger partial charge is 0.246 e. The maximum Gasteiger partial charge on any atom is 0.246 e. The second kappa shape index (κ2) is 9.38. The number of amides is 1. The van der Waals surface area contributed by atoms with Crippen LogP contribution in [0.2, 0.25) is 5.02 Å². The highest BCUT2D eigenvalue weighted by Crippen LogP contribution is 2.37. The molecule has 0 bridgehead atoms. The van der Waals surface area contributed by atoms with Crippen LogP contribution in [-0.2, 0) is 4.79 Å². The van der Waals surface area contributed by atoms with Crippen LogP contribution in [0, 0.1) is 0 Å². The van der Waals surface area contributed by atoms with Crippen molar-refractivity contribution in [3.63, 3.8) is 0 Å². The van der Waals surface area contributed by atoms with Gasteiger partial charge in [0.15, 0.2) is 11.5 Å². The molecule has 1 aromatic carbocycles. The molecule has 0 saturated heterocycles. The van der Waals surface area contributed by atoms with E-state index in [4.69, 9.17) is 21.1 Å². The number of nitrogens with zero attached hydrogens (tertiary/aromatic N) is 1. The van der Waals surface area contributed by atoms with Crippen LogP contribution >= 0.6 is 11.6 Å². The van der Waals surface area contributed by atoms with E-state index in [1.807, 2.05) is 27.7 Å². The van der Waals surface area contributed by atoms with E-state index >= 15 is 0 Å². The van der Waals surface area contributed by atoms with Gasteiger partial charge in [-0.2, -0.15) is 0 Å². The Morgan fingerprint density at radius 2 is 2.08 bits per heavy atom. The molecule has 5 heteroatoms. The number of methoxy groups -OCH3 is 1. The summed E-state index contributed by atoms with van der Waals surface area (Å²) in [4.78, 5) is 14.0. The number of halogens is 1. The van der Waals surface area contributed by atoms with E-state index in [-0.39, 0.29) is 12.0 Å². The molecule has 0 aliphatic rings. The van der Waals surface area contributed by atoms with E-state index < -0.39 is 0 Å². The quantitative estimate of drug-likeness (QED) is 0.508. The Morgan fingerprint density at radius 3 is 2.58 bits per heavy atom. The molecule has 0 aliphatic heterocycles. The van der Waals surface area contributed by atoms with Crippen LogP contribution in [0.1, 0.15) is 33.3 Å². The maximum atomic E-state index is 12.2. The Kier molecular flexibility index (Phi) is 7.86. The first-order valence-electron chi connectivity index (χ1n) is 7.94. The first kappa shape index (κ1) is 20.1. The van der Waals surface area contributed by atoms with Crippen molar-refractivity contribution in [3.8, 4) is 11.5 Å². The first-order valence-corrected chi connectivity index (χ1v) is 8.31. The predicted octanol–water partition coefficient (Wildman–Crippen LogP) is 4.57. The molecule has 0 N–H and O–H groups in total. The Bertz CT molecular complexity index is 623. The van der Waals surface area contributed by atoms with Crippen LogP contribution in [0.3, 0.4) is 0 Å². The molecule has 0 aromatic heterocycles. The third-order valence-corrected chi connectivity index (χ3v) is 3.46.